The molecule has 0 saturated carbocycles. The molecule has 1 unspecified atom stereocenters. The number of aryl methyl sites for hydroxylation is 1. The first-order valence-electron chi connectivity index (χ1n) is 14.1. The zero-order chi connectivity index (χ0) is 28.7. The minimum absolute atomic E-state index is 0.0845. The van der Waals surface area contributed by atoms with Gasteiger partial charge in [0.2, 0.25) is 10.0 Å². The Hall–Kier alpha value is -3.15. The summed E-state index contributed by atoms with van der Waals surface area (Å²) in [5.74, 6) is 0.0146. The summed E-state index contributed by atoms with van der Waals surface area (Å²) in [6, 6.07) is 7.70. The van der Waals surface area contributed by atoms with Gasteiger partial charge in [-0.25, -0.2) is 8.42 Å². The van der Waals surface area contributed by atoms with E-state index in [0.717, 1.165) is 48.2 Å². The van der Waals surface area contributed by atoms with Crippen molar-refractivity contribution in [2.45, 2.75) is 83.3 Å². The standard InChI is InChI=1S/C29H41N5O5S/c1-5-14-33-19-25(31-32-33)11-10-23(16-29(35)38-7-3)22-9-8-21(4)24(15-22)18-34-20-26(6-2)39-27-12-13-30-17-28(27)40(34,36)37/h8-9,12-13,15,17,19,23,26,31-32H,5-7,10-11,14,16,18,20H2,1-4H3/t23?,26-/m1/s1. The smallest absolute Gasteiger partial charge is 0.306 e. The van der Waals surface area contributed by atoms with Gasteiger partial charge in [-0.3, -0.25) is 14.8 Å². The summed E-state index contributed by atoms with van der Waals surface area (Å²) in [5.41, 5.74) is 10.3. The van der Waals surface area contributed by atoms with Crippen LogP contribution in [-0.4, -0.2) is 54.5 Å². The number of nitrogens with zero attached hydrogens (tertiary/aromatic N) is 3. The lowest BCUT2D eigenvalue weighted by molar-refractivity contribution is -0.143. The monoisotopic (exact) mass is 571 g/mol. The fraction of sp³-hybridized carbons (Fsp3) is 0.517. The van der Waals surface area contributed by atoms with Crippen molar-refractivity contribution in [1.82, 2.24) is 25.3 Å². The number of aromatic nitrogens is 1. The van der Waals surface area contributed by atoms with Crippen LogP contribution in [0, 0.1) is 6.92 Å². The second-order valence-electron chi connectivity index (χ2n) is 10.3. The topological polar surface area (TPSA) is 113 Å². The summed E-state index contributed by atoms with van der Waals surface area (Å²) in [7, 11) is -3.82. The molecule has 0 radical (unpaired) electrons. The van der Waals surface area contributed by atoms with E-state index in [4.69, 9.17) is 9.47 Å². The first-order valence-corrected chi connectivity index (χ1v) is 15.5. The summed E-state index contributed by atoms with van der Waals surface area (Å²) < 4.78 is 40.2. The Morgan fingerprint density at radius 2 is 2.08 bits per heavy atom. The number of pyridine rings is 1. The Labute approximate surface area is 237 Å². The minimum atomic E-state index is -3.82. The number of ether oxygens (including phenoxy) is 2. The molecular weight excluding hydrogens is 530 g/mol. The van der Waals surface area contributed by atoms with Crippen molar-refractivity contribution >= 4 is 16.0 Å². The number of rotatable bonds is 12. The molecule has 1 aromatic carbocycles. The second-order valence-corrected chi connectivity index (χ2v) is 12.2. The van der Waals surface area contributed by atoms with Gasteiger partial charge in [0.1, 0.15) is 16.7 Å². The summed E-state index contributed by atoms with van der Waals surface area (Å²) in [5, 5.41) is 2.02. The number of hydrazine groups is 2. The minimum Gasteiger partial charge on any atom is -0.488 e. The van der Waals surface area contributed by atoms with E-state index in [1.54, 1.807) is 19.2 Å². The second kappa shape index (κ2) is 13.5. The van der Waals surface area contributed by atoms with Crippen molar-refractivity contribution in [2.75, 3.05) is 19.7 Å². The third-order valence-corrected chi connectivity index (χ3v) is 9.15. The Kier molecular flexibility index (Phi) is 10.0. The number of fused-ring (bicyclic) bond motifs is 1. The maximum absolute atomic E-state index is 13.7. The third kappa shape index (κ3) is 7.13. The fourth-order valence-electron chi connectivity index (χ4n) is 5.03. The van der Waals surface area contributed by atoms with Gasteiger partial charge in [0.05, 0.1) is 25.8 Å². The zero-order valence-corrected chi connectivity index (χ0v) is 24.7. The number of hydrogen-bond acceptors (Lipinski definition) is 9. The number of sulfonamides is 1. The summed E-state index contributed by atoms with van der Waals surface area (Å²) in [4.78, 5) is 16.7. The van der Waals surface area contributed by atoms with Crippen molar-refractivity contribution in [1.29, 1.82) is 0 Å². The lowest BCUT2D eigenvalue weighted by atomic mass is 9.88. The predicted molar refractivity (Wildman–Crippen MR) is 152 cm³/mol. The molecule has 0 saturated heterocycles. The quantitative estimate of drug-likeness (QED) is 0.363. The van der Waals surface area contributed by atoms with E-state index in [9.17, 15) is 13.2 Å². The van der Waals surface area contributed by atoms with Crippen molar-refractivity contribution in [3.05, 3.63) is 65.2 Å². The number of esters is 1. The summed E-state index contributed by atoms with van der Waals surface area (Å²) in [6.45, 7) is 9.56. The maximum Gasteiger partial charge on any atom is 0.306 e. The molecule has 2 aliphatic rings. The molecule has 2 atom stereocenters. The summed E-state index contributed by atoms with van der Waals surface area (Å²) in [6.07, 6.45) is 8.12. The van der Waals surface area contributed by atoms with Gasteiger partial charge in [-0.15, -0.1) is 5.53 Å². The zero-order valence-electron chi connectivity index (χ0n) is 23.9. The lowest BCUT2D eigenvalue weighted by Gasteiger charge is -2.24. The van der Waals surface area contributed by atoms with E-state index in [0.29, 0.717) is 18.8 Å². The Balaban J connectivity index is 1.59. The number of carbonyl (C=O) groups excluding carboxylic acids is 1. The van der Waals surface area contributed by atoms with Crippen LogP contribution in [0.5, 0.6) is 5.75 Å². The van der Waals surface area contributed by atoms with E-state index in [-0.39, 0.29) is 42.4 Å². The number of allylic oxidation sites excluding steroid dienone is 1. The average molecular weight is 572 g/mol. The van der Waals surface area contributed by atoms with Crippen LogP contribution in [-0.2, 0) is 26.1 Å². The largest absolute Gasteiger partial charge is 0.488 e. The molecule has 4 rings (SSSR count). The van der Waals surface area contributed by atoms with Crippen LogP contribution in [0.15, 0.2) is 53.5 Å². The Morgan fingerprint density at radius 3 is 2.83 bits per heavy atom. The van der Waals surface area contributed by atoms with Gasteiger partial charge in [-0.2, -0.15) is 4.31 Å². The number of benzene rings is 1. The highest BCUT2D eigenvalue weighted by Gasteiger charge is 2.35. The van der Waals surface area contributed by atoms with Crippen molar-refractivity contribution in [3.63, 3.8) is 0 Å². The molecule has 0 amide bonds. The van der Waals surface area contributed by atoms with Crippen LogP contribution in [0.25, 0.3) is 0 Å². The van der Waals surface area contributed by atoms with E-state index in [1.165, 1.54) is 10.5 Å². The Morgan fingerprint density at radius 1 is 1.25 bits per heavy atom. The normalized spacial score (nSPS) is 19.1. The highest BCUT2D eigenvalue weighted by atomic mass is 32.2. The number of carbonyl (C=O) groups is 1. The molecule has 2 aliphatic heterocycles. The molecule has 3 heterocycles. The van der Waals surface area contributed by atoms with Crippen LogP contribution < -0.4 is 15.7 Å². The van der Waals surface area contributed by atoms with Crippen LogP contribution in [0.2, 0.25) is 0 Å². The molecule has 11 heteroatoms. The molecule has 2 aromatic rings. The SMILES string of the molecule is CCCN1C=C(CCC(CC(=O)OCC)c2ccc(C)c(CN3C[C@@H](CC)Oc4ccncc4S3(=O)=O)c2)NN1. The predicted octanol–water partition coefficient (Wildman–Crippen LogP) is 4.15. The lowest BCUT2D eigenvalue weighted by Crippen LogP contribution is -2.36. The highest BCUT2D eigenvalue weighted by molar-refractivity contribution is 7.89. The van der Waals surface area contributed by atoms with Gasteiger partial charge in [-0.05, 0) is 68.2 Å². The number of hydrogen-bond donors (Lipinski definition) is 2. The van der Waals surface area contributed by atoms with Gasteiger partial charge in [0.15, 0.2) is 0 Å². The van der Waals surface area contributed by atoms with Gasteiger partial charge in [0.25, 0.3) is 0 Å². The summed E-state index contributed by atoms with van der Waals surface area (Å²) >= 11 is 0. The number of nitrogens with one attached hydrogen (secondary N) is 2. The Bertz CT molecular complexity index is 1320. The van der Waals surface area contributed by atoms with Gasteiger partial charge in [0, 0.05) is 31.2 Å². The fourth-order valence-corrected chi connectivity index (χ4v) is 6.54. The molecular formula is C29H41N5O5S. The van der Waals surface area contributed by atoms with E-state index >= 15 is 0 Å². The molecule has 10 nitrogen and oxygen atoms in total. The van der Waals surface area contributed by atoms with Gasteiger partial charge >= 0.3 is 5.97 Å². The van der Waals surface area contributed by atoms with Gasteiger partial charge in [-0.1, -0.05) is 32.0 Å². The van der Waals surface area contributed by atoms with Crippen molar-refractivity contribution in [2.24, 2.45) is 0 Å². The molecule has 1 aromatic heterocycles. The molecule has 0 spiro atoms. The van der Waals surface area contributed by atoms with Crippen LogP contribution in [0.3, 0.4) is 0 Å². The third-order valence-electron chi connectivity index (χ3n) is 7.33. The average Bonchev–Trinajstić information content (AvgIpc) is 3.35. The van der Waals surface area contributed by atoms with Crippen LogP contribution in [0.1, 0.15) is 75.5 Å². The van der Waals surface area contributed by atoms with Crippen molar-refractivity contribution < 1.29 is 22.7 Å². The molecule has 218 valence electrons. The van der Waals surface area contributed by atoms with Crippen molar-refractivity contribution in [3.8, 4) is 5.75 Å². The van der Waals surface area contributed by atoms with Gasteiger partial charge < -0.3 is 14.9 Å². The van der Waals surface area contributed by atoms with E-state index in [1.807, 2.05) is 37.1 Å². The molecule has 40 heavy (non-hydrogen) atoms. The highest BCUT2D eigenvalue weighted by Crippen LogP contribution is 2.34. The molecule has 0 fully saturated rings. The molecule has 2 N–H and O–H groups in total. The van der Waals surface area contributed by atoms with E-state index < -0.39 is 10.0 Å². The maximum atomic E-state index is 13.7. The van der Waals surface area contributed by atoms with Crippen LogP contribution >= 0.6 is 0 Å². The molecule has 0 aliphatic carbocycles. The van der Waals surface area contributed by atoms with Crippen LogP contribution in [0.4, 0.5) is 0 Å². The first kappa shape index (κ1) is 29.8. The van der Waals surface area contributed by atoms with E-state index in [2.05, 4.69) is 29.1 Å². The molecule has 0 bridgehead atoms. The first-order chi connectivity index (χ1) is 19.2.